The van der Waals surface area contributed by atoms with Crippen molar-refractivity contribution in [3.05, 3.63) is 35.4 Å². The molecule has 0 aromatic heterocycles. The zero-order chi connectivity index (χ0) is 16.1. The van der Waals surface area contributed by atoms with Gasteiger partial charge in [0, 0.05) is 0 Å². The summed E-state index contributed by atoms with van der Waals surface area (Å²) in [5.74, 6) is -0.174. The van der Waals surface area contributed by atoms with E-state index in [4.69, 9.17) is 9.47 Å². The third-order valence-corrected chi connectivity index (χ3v) is 3.05. The molecule has 118 valence electrons. The van der Waals surface area contributed by atoms with Gasteiger partial charge in [-0.1, -0.05) is 38.1 Å². The van der Waals surface area contributed by atoms with E-state index in [2.05, 4.69) is 19.1 Å². The van der Waals surface area contributed by atoms with Crippen LogP contribution < -0.4 is 0 Å². The molecular formula is C18H28O3. The molecule has 0 aliphatic rings. The van der Waals surface area contributed by atoms with Crippen LogP contribution in [0.3, 0.4) is 0 Å². The molecule has 0 saturated heterocycles. The van der Waals surface area contributed by atoms with Crippen LogP contribution in [0, 0.1) is 12.3 Å². The van der Waals surface area contributed by atoms with Crippen LogP contribution in [0.4, 0.5) is 0 Å². The lowest BCUT2D eigenvalue weighted by Crippen LogP contribution is -2.29. The first-order valence-corrected chi connectivity index (χ1v) is 7.43. The summed E-state index contributed by atoms with van der Waals surface area (Å²) in [5, 5.41) is 0. The second-order valence-corrected chi connectivity index (χ2v) is 7.35. The highest BCUT2D eigenvalue weighted by atomic mass is 16.6. The van der Waals surface area contributed by atoms with E-state index < -0.39 is 5.60 Å². The van der Waals surface area contributed by atoms with Gasteiger partial charge >= 0.3 is 5.97 Å². The number of carbonyl (C=O) groups is 1. The second-order valence-electron chi connectivity index (χ2n) is 7.35. The first kappa shape index (κ1) is 17.7. The molecule has 0 atom stereocenters. The largest absolute Gasteiger partial charge is 0.460 e. The van der Waals surface area contributed by atoms with E-state index in [1.54, 1.807) is 0 Å². The van der Waals surface area contributed by atoms with Crippen LogP contribution in [0.25, 0.3) is 0 Å². The van der Waals surface area contributed by atoms with Crippen molar-refractivity contribution in [3.8, 4) is 0 Å². The molecule has 0 amide bonds. The fourth-order valence-electron chi connectivity index (χ4n) is 2.03. The lowest BCUT2D eigenvalue weighted by molar-refractivity contribution is -0.158. The summed E-state index contributed by atoms with van der Waals surface area (Å²) in [4.78, 5) is 11.9. The zero-order valence-corrected chi connectivity index (χ0v) is 14.2. The highest BCUT2D eigenvalue weighted by Crippen LogP contribution is 2.24. The highest BCUT2D eigenvalue weighted by Gasteiger charge is 2.26. The average Bonchev–Trinajstić information content (AvgIpc) is 2.27. The molecule has 0 spiro atoms. The van der Waals surface area contributed by atoms with Crippen LogP contribution in [-0.2, 0) is 20.9 Å². The van der Waals surface area contributed by atoms with Crippen LogP contribution in [0.2, 0.25) is 0 Å². The van der Waals surface area contributed by atoms with E-state index in [0.717, 1.165) is 0 Å². The Bertz CT molecular complexity index is 470. The number of aryl methyl sites for hydroxylation is 1. The van der Waals surface area contributed by atoms with Crippen molar-refractivity contribution in [2.24, 2.45) is 5.41 Å². The molecular weight excluding hydrogens is 264 g/mol. The van der Waals surface area contributed by atoms with Gasteiger partial charge in [0.15, 0.2) is 0 Å². The summed E-state index contributed by atoms with van der Waals surface area (Å²) >= 11 is 0. The maximum atomic E-state index is 11.9. The van der Waals surface area contributed by atoms with Crippen LogP contribution in [-0.4, -0.2) is 18.2 Å². The van der Waals surface area contributed by atoms with Gasteiger partial charge in [0.2, 0.25) is 0 Å². The molecule has 0 N–H and O–H groups in total. The van der Waals surface area contributed by atoms with Crippen LogP contribution in [0.15, 0.2) is 24.3 Å². The van der Waals surface area contributed by atoms with Crippen molar-refractivity contribution in [3.63, 3.8) is 0 Å². The predicted octanol–water partition coefficient (Wildman–Crippen LogP) is 4.27. The fraction of sp³-hybridized carbons (Fsp3) is 0.611. The first-order valence-electron chi connectivity index (χ1n) is 7.43. The van der Waals surface area contributed by atoms with E-state index in [-0.39, 0.29) is 11.4 Å². The van der Waals surface area contributed by atoms with Crippen LogP contribution in [0.5, 0.6) is 0 Å². The molecule has 0 bridgehead atoms. The van der Waals surface area contributed by atoms with E-state index in [1.807, 2.05) is 46.8 Å². The molecule has 0 heterocycles. The molecule has 0 saturated carbocycles. The van der Waals surface area contributed by atoms with Gasteiger partial charge in [0.25, 0.3) is 0 Å². The Kier molecular flexibility index (Phi) is 5.97. The maximum Gasteiger partial charge on any atom is 0.306 e. The molecule has 3 nitrogen and oxygen atoms in total. The number of carbonyl (C=O) groups excluding carboxylic acids is 1. The third kappa shape index (κ3) is 7.28. The molecule has 0 radical (unpaired) electrons. The van der Waals surface area contributed by atoms with Gasteiger partial charge in [-0.05, 0) is 44.2 Å². The predicted molar refractivity (Wildman–Crippen MR) is 85.1 cm³/mol. The first-order chi connectivity index (χ1) is 9.59. The van der Waals surface area contributed by atoms with E-state index >= 15 is 0 Å². The molecule has 0 aliphatic heterocycles. The van der Waals surface area contributed by atoms with Crippen molar-refractivity contribution in [2.45, 2.75) is 60.2 Å². The number of benzene rings is 1. The van der Waals surface area contributed by atoms with Gasteiger partial charge in [-0.25, -0.2) is 0 Å². The van der Waals surface area contributed by atoms with Crippen LogP contribution >= 0.6 is 0 Å². The third-order valence-electron chi connectivity index (χ3n) is 3.05. The van der Waals surface area contributed by atoms with Crippen molar-refractivity contribution in [1.82, 2.24) is 0 Å². The van der Waals surface area contributed by atoms with E-state index in [0.29, 0.717) is 19.6 Å². The molecule has 3 heteroatoms. The maximum absolute atomic E-state index is 11.9. The van der Waals surface area contributed by atoms with Crippen molar-refractivity contribution >= 4 is 5.97 Å². The minimum Gasteiger partial charge on any atom is -0.460 e. The summed E-state index contributed by atoms with van der Waals surface area (Å²) < 4.78 is 11.2. The Morgan fingerprint density at radius 3 is 2.29 bits per heavy atom. The summed E-state index contributed by atoms with van der Waals surface area (Å²) in [6.45, 7) is 12.9. The summed E-state index contributed by atoms with van der Waals surface area (Å²) in [6.07, 6.45) is 0.359. The van der Waals surface area contributed by atoms with Crippen LogP contribution in [0.1, 0.15) is 52.2 Å². The Morgan fingerprint density at radius 2 is 1.71 bits per heavy atom. The minimum absolute atomic E-state index is 0.174. The molecule has 1 aromatic rings. The van der Waals surface area contributed by atoms with E-state index in [9.17, 15) is 4.79 Å². The molecule has 1 aromatic carbocycles. The molecule has 0 fully saturated rings. The molecule has 1 rings (SSSR count). The number of rotatable bonds is 6. The Hall–Kier alpha value is -1.35. The normalized spacial score (nSPS) is 12.3. The Balaban J connectivity index is 2.43. The Morgan fingerprint density at radius 1 is 1.10 bits per heavy atom. The number of hydrogen-bond acceptors (Lipinski definition) is 3. The summed E-state index contributed by atoms with van der Waals surface area (Å²) in [5.41, 5.74) is 1.74. The van der Waals surface area contributed by atoms with Gasteiger partial charge in [-0.2, -0.15) is 0 Å². The molecule has 0 unspecified atom stereocenters. The quantitative estimate of drug-likeness (QED) is 0.735. The van der Waals surface area contributed by atoms with Gasteiger partial charge < -0.3 is 9.47 Å². The van der Waals surface area contributed by atoms with Gasteiger partial charge in [0.1, 0.15) is 5.60 Å². The van der Waals surface area contributed by atoms with Crippen molar-refractivity contribution in [1.29, 1.82) is 0 Å². The SMILES string of the molecule is Cc1ccccc1COCC(C)(C)CC(=O)OC(C)(C)C. The number of hydrogen-bond donors (Lipinski definition) is 0. The average molecular weight is 292 g/mol. The van der Waals surface area contributed by atoms with Gasteiger partial charge in [-0.15, -0.1) is 0 Å². The minimum atomic E-state index is -0.435. The highest BCUT2D eigenvalue weighted by molar-refractivity contribution is 5.70. The monoisotopic (exact) mass is 292 g/mol. The van der Waals surface area contributed by atoms with E-state index in [1.165, 1.54) is 11.1 Å². The lowest BCUT2D eigenvalue weighted by atomic mass is 9.90. The number of ether oxygens (including phenoxy) is 2. The topological polar surface area (TPSA) is 35.5 Å². The summed E-state index contributed by atoms with van der Waals surface area (Å²) in [7, 11) is 0. The lowest BCUT2D eigenvalue weighted by Gasteiger charge is -2.26. The van der Waals surface area contributed by atoms with Gasteiger partial charge in [-0.3, -0.25) is 4.79 Å². The summed E-state index contributed by atoms with van der Waals surface area (Å²) in [6, 6.07) is 8.17. The van der Waals surface area contributed by atoms with Crippen molar-refractivity contribution in [2.75, 3.05) is 6.61 Å². The fourth-order valence-corrected chi connectivity index (χ4v) is 2.03. The van der Waals surface area contributed by atoms with Crippen molar-refractivity contribution < 1.29 is 14.3 Å². The molecule has 21 heavy (non-hydrogen) atoms. The smallest absolute Gasteiger partial charge is 0.306 e. The standard InChI is InChI=1S/C18H28O3/c1-14-9-7-8-10-15(14)12-20-13-18(5,6)11-16(19)21-17(2,3)4/h7-10H,11-13H2,1-6H3. The number of esters is 1. The second kappa shape index (κ2) is 7.08. The molecule has 0 aliphatic carbocycles. The zero-order valence-electron chi connectivity index (χ0n) is 14.2. The Labute approximate surface area is 128 Å². The van der Waals surface area contributed by atoms with Gasteiger partial charge in [0.05, 0.1) is 19.6 Å².